The van der Waals surface area contributed by atoms with Gasteiger partial charge in [0.2, 0.25) is 0 Å². The van der Waals surface area contributed by atoms with Crippen LogP contribution in [0, 0.1) is 11.7 Å². The molecule has 29 heavy (non-hydrogen) atoms. The second-order valence-electron chi connectivity index (χ2n) is 9.37. The molecule has 0 unspecified atom stereocenters. The number of carbonyl (C=O) groups is 1. The molecule has 0 spiro atoms. The maximum Gasteiger partial charge on any atom is 0.494 e. The fourth-order valence-electron chi connectivity index (χ4n) is 3.71. The molecule has 0 aromatic heterocycles. The van der Waals surface area contributed by atoms with E-state index in [0.29, 0.717) is 11.9 Å². The monoisotopic (exact) mass is 406 g/mol. The Morgan fingerprint density at radius 3 is 2.41 bits per heavy atom. The van der Waals surface area contributed by atoms with Gasteiger partial charge in [0.15, 0.2) is 11.6 Å². The van der Waals surface area contributed by atoms with Gasteiger partial charge in [-0.2, -0.15) is 0 Å². The lowest BCUT2D eigenvalue weighted by atomic mass is 9.79. The molecular weight excluding hydrogens is 374 g/mol. The molecule has 1 saturated heterocycles. The van der Waals surface area contributed by atoms with Crippen LogP contribution < -0.4 is 10.2 Å². The molecule has 2 atom stereocenters. The lowest BCUT2D eigenvalue weighted by Gasteiger charge is -2.32. The van der Waals surface area contributed by atoms with E-state index in [1.807, 2.05) is 41.5 Å². The minimum Gasteiger partial charge on any atom is -0.487 e. The molecule has 1 heterocycles. The van der Waals surface area contributed by atoms with E-state index in [4.69, 9.17) is 18.8 Å². The number of carbonyl (C=O) groups excluding carboxylic acids is 1. The number of hydrogen-bond acceptors (Lipinski definition) is 5. The zero-order valence-corrected chi connectivity index (χ0v) is 18.3. The van der Waals surface area contributed by atoms with E-state index < -0.39 is 24.1 Å². The largest absolute Gasteiger partial charge is 0.494 e. The normalized spacial score (nSPS) is 25.9. The van der Waals surface area contributed by atoms with Gasteiger partial charge in [-0.3, -0.25) is 4.79 Å². The van der Waals surface area contributed by atoms with Crippen LogP contribution >= 0.6 is 0 Å². The topological polar surface area (TPSA) is 54.0 Å². The predicted octanol–water partition coefficient (Wildman–Crippen LogP) is 4.01. The Labute approximate surface area is 173 Å². The third kappa shape index (κ3) is 4.94. The standard InChI is InChI=1S/C22H32BFO5/c1-14(2)26-20(25)15-8-7-9-17(12-15)27-19-11-10-16(13-18(19)24)23-28-21(3,4)22(5,6)29-23/h10-11,13-15,17H,7-9,12H2,1-6H3/t15-,17-/m0/s1. The Bertz CT molecular complexity index is 733. The number of halogens is 1. The Morgan fingerprint density at radius 1 is 1.17 bits per heavy atom. The summed E-state index contributed by atoms with van der Waals surface area (Å²) in [5.74, 6) is -0.648. The van der Waals surface area contributed by atoms with Gasteiger partial charge in [0.1, 0.15) is 0 Å². The van der Waals surface area contributed by atoms with Crippen LogP contribution in [0.3, 0.4) is 0 Å². The van der Waals surface area contributed by atoms with Crippen LogP contribution in [0.15, 0.2) is 18.2 Å². The van der Waals surface area contributed by atoms with Crippen molar-refractivity contribution in [2.24, 2.45) is 5.92 Å². The second kappa shape index (κ2) is 8.27. The zero-order valence-electron chi connectivity index (χ0n) is 18.3. The Kier molecular flexibility index (Phi) is 6.30. The average Bonchev–Trinajstić information content (AvgIpc) is 2.84. The molecule has 1 saturated carbocycles. The maximum atomic E-state index is 14.7. The fourth-order valence-corrected chi connectivity index (χ4v) is 3.71. The van der Waals surface area contributed by atoms with Crippen molar-refractivity contribution in [2.75, 3.05) is 0 Å². The summed E-state index contributed by atoms with van der Waals surface area (Å²) in [5, 5.41) is 0. The smallest absolute Gasteiger partial charge is 0.487 e. The van der Waals surface area contributed by atoms with Gasteiger partial charge >= 0.3 is 13.1 Å². The number of hydrogen-bond donors (Lipinski definition) is 0. The van der Waals surface area contributed by atoms with Gasteiger partial charge in [-0.1, -0.05) is 6.07 Å². The molecule has 2 aliphatic rings. The SMILES string of the molecule is CC(C)OC(=O)[C@H]1CCC[C@H](Oc2ccc(B3OC(C)(C)C(C)(C)O3)cc2F)C1. The molecule has 0 amide bonds. The van der Waals surface area contributed by atoms with E-state index in [1.165, 1.54) is 6.07 Å². The highest BCUT2D eigenvalue weighted by Crippen LogP contribution is 2.37. The quantitative estimate of drug-likeness (QED) is 0.546. The number of esters is 1. The van der Waals surface area contributed by atoms with Gasteiger partial charge in [0.05, 0.1) is 29.3 Å². The second-order valence-corrected chi connectivity index (χ2v) is 9.37. The van der Waals surface area contributed by atoms with Gasteiger partial charge in [-0.25, -0.2) is 4.39 Å². The van der Waals surface area contributed by atoms with Crippen molar-refractivity contribution >= 4 is 18.6 Å². The highest BCUT2D eigenvalue weighted by atomic mass is 19.1. The Balaban J connectivity index is 1.65. The highest BCUT2D eigenvalue weighted by molar-refractivity contribution is 6.62. The van der Waals surface area contributed by atoms with E-state index in [1.54, 1.807) is 12.1 Å². The van der Waals surface area contributed by atoms with Crippen molar-refractivity contribution in [3.05, 3.63) is 24.0 Å². The van der Waals surface area contributed by atoms with Crippen molar-refractivity contribution in [3.63, 3.8) is 0 Å². The van der Waals surface area contributed by atoms with Crippen LogP contribution in [0.2, 0.25) is 0 Å². The molecule has 0 N–H and O–H groups in total. The van der Waals surface area contributed by atoms with E-state index >= 15 is 0 Å². The zero-order chi connectivity index (χ0) is 21.4. The lowest BCUT2D eigenvalue weighted by molar-refractivity contribution is -0.154. The molecule has 0 bridgehead atoms. The molecule has 1 aliphatic carbocycles. The van der Waals surface area contributed by atoms with Crippen LogP contribution in [-0.2, 0) is 18.8 Å². The summed E-state index contributed by atoms with van der Waals surface area (Å²) in [6.07, 6.45) is 2.65. The molecule has 2 fully saturated rings. The first kappa shape index (κ1) is 22.1. The Hall–Kier alpha value is -1.60. The van der Waals surface area contributed by atoms with Crippen LogP contribution in [0.5, 0.6) is 5.75 Å². The molecule has 0 radical (unpaired) electrons. The van der Waals surface area contributed by atoms with Crippen molar-refractivity contribution < 1.29 is 28.0 Å². The van der Waals surface area contributed by atoms with Gasteiger partial charge in [-0.05, 0) is 84.8 Å². The minimum atomic E-state index is -0.617. The fraction of sp³-hybridized carbons (Fsp3) is 0.682. The number of ether oxygens (including phenoxy) is 2. The van der Waals surface area contributed by atoms with Crippen molar-refractivity contribution in [1.29, 1.82) is 0 Å². The summed E-state index contributed by atoms with van der Waals surface area (Å²) in [7, 11) is -0.617. The minimum absolute atomic E-state index is 0.135. The first-order chi connectivity index (χ1) is 13.5. The van der Waals surface area contributed by atoms with Crippen LogP contribution in [-0.4, -0.2) is 36.5 Å². The van der Waals surface area contributed by atoms with E-state index in [9.17, 15) is 9.18 Å². The summed E-state index contributed by atoms with van der Waals surface area (Å²) in [4.78, 5) is 12.2. The van der Waals surface area contributed by atoms with E-state index in [-0.39, 0.29) is 29.8 Å². The van der Waals surface area contributed by atoms with Crippen LogP contribution in [0.1, 0.15) is 67.2 Å². The molecule has 160 valence electrons. The third-order valence-corrected chi connectivity index (χ3v) is 6.09. The molecule has 5 nitrogen and oxygen atoms in total. The maximum absolute atomic E-state index is 14.7. The first-order valence-electron chi connectivity index (χ1n) is 10.5. The van der Waals surface area contributed by atoms with Crippen molar-refractivity contribution in [3.8, 4) is 5.75 Å². The van der Waals surface area contributed by atoms with Crippen LogP contribution in [0.4, 0.5) is 4.39 Å². The summed E-state index contributed by atoms with van der Waals surface area (Å²) in [6, 6.07) is 4.80. The van der Waals surface area contributed by atoms with Gasteiger partial charge < -0.3 is 18.8 Å². The van der Waals surface area contributed by atoms with E-state index in [2.05, 4.69) is 0 Å². The number of rotatable bonds is 5. The Morgan fingerprint density at radius 2 is 1.83 bits per heavy atom. The molecule has 1 aromatic carbocycles. The molecule has 7 heteroatoms. The molecule has 1 aromatic rings. The summed E-state index contributed by atoms with van der Waals surface area (Å²) in [5.41, 5.74) is -0.341. The average molecular weight is 406 g/mol. The van der Waals surface area contributed by atoms with Crippen molar-refractivity contribution in [2.45, 2.75) is 90.6 Å². The summed E-state index contributed by atoms with van der Waals surface area (Å²) < 4.78 is 37.9. The third-order valence-electron chi connectivity index (χ3n) is 6.09. The van der Waals surface area contributed by atoms with Gasteiger partial charge in [0, 0.05) is 0 Å². The van der Waals surface area contributed by atoms with E-state index in [0.717, 1.165) is 19.3 Å². The first-order valence-corrected chi connectivity index (χ1v) is 10.5. The molecular formula is C22H32BFO5. The lowest BCUT2D eigenvalue weighted by Crippen LogP contribution is -2.41. The molecule has 3 rings (SSSR count). The molecule has 1 aliphatic heterocycles. The highest BCUT2D eigenvalue weighted by Gasteiger charge is 2.51. The number of benzene rings is 1. The summed E-state index contributed by atoms with van der Waals surface area (Å²) >= 11 is 0. The van der Waals surface area contributed by atoms with Gasteiger partial charge in [0.25, 0.3) is 0 Å². The van der Waals surface area contributed by atoms with Crippen molar-refractivity contribution in [1.82, 2.24) is 0 Å². The summed E-state index contributed by atoms with van der Waals surface area (Å²) in [6.45, 7) is 11.5. The van der Waals surface area contributed by atoms with Crippen LogP contribution in [0.25, 0.3) is 0 Å². The predicted molar refractivity (Wildman–Crippen MR) is 110 cm³/mol. The van der Waals surface area contributed by atoms with Gasteiger partial charge in [-0.15, -0.1) is 0 Å².